The predicted octanol–water partition coefficient (Wildman–Crippen LogP) is 1.93. The van der Waals surface area contributed by atoms with Crippen molar-refractivity contribution in [2.24, 2.45) is 7.05 Å². The van der Waals surface area contributed by atoms with E-state index in [4.69, 9.17) is 0 Å². The molecule has 0 aliphatic heterocycles. The molecule has 2 amide bonds. The third kappa shape index (κ3) is 5.84. The highest BCUT2D eigenvalue weighted by Crippen LogP contribution is 2.19. The number of halogens is 2. The van der Waals surface area contributed by atoms with Crippen LogP contribution in [0.25, 0.3) is 0 Å². The van der Waals surface area contributed by atoms with Gasteiger partial charge in [0, 0.05) is 29.0 Å². The minimum absolute atomic E-state index is 0. The molecule has 0 aliphatic carbocycles. The molecule has 25 heavy (non-hydrogen) atoms. The summed E-state index contributed by atoms with van der Waals surface area (Å²) in [7, 11) is 3.46. The molecule has 9 heteroatoms. The van der Waals surface area contributed by atoms with Crippen molar-refractivity contribution in [1.29, 1.82) is 0 Å². The van der Waals surface area contributed by atoms with Gasteiger partial charge in [0.05, 0.1) is 12.7 Å². The Morgan fingerprint density at radius 3 is 2.64 bits per heavy atom. The van der Waals surface area contributed by atoms with Crippen molar-refractivity contribution in [2.75, 3.05) is 18.9 Å². The molecular weight excluding hydrogens is 410 g/mol. The first-order valence-electron chi connectivity index (χ1n) is 7.40. The average molecular weight is 431 g/mol. The van der Waals surface area contributed by atoms with E-state index in [0.29, 0.717) is 5.69 Å². The predicted molar refractivity (Wildman–Crippen MR) is 103 cm³/mol. The van der Waals surface area contributed by atoms with Gasteiger partial charge in [-0.1, -0.05) is 15.9 Å². The van der Waals surface area contributed by atoms with Crippen LogP contribution in [0.15, 0.2) is 35.1 Å². The zero-order valence-corrected chi connectivity index (χ0v) is 16.6. The molecule has 7 nitrogen and oxygen atoms in total. The van der Waals surface area contributed by atoms with Crippen LogP contribution in [-0.4, -0.2) is 35.2 Å². The van der Waals surface area contributed by atoms with Gasteiger partial charge in [0.1, 0.15) is 6.04 Å². The molecule has 2 rings (SSSR count). The molecule has 1 unspecified atom stereocenters. The first-order valence-corrected chi connectivity index (χ1v) is 8.19. The van der Waals surface area contributed by atoms with Gasteiger partial charge in [0.15, 0.2) is 0 Å². The normalized spacial score (nSPS) is 11.4. The van der Waals surface area contributed by atoms with Crippen LogP contribution in [0.3, 0.4) is 0 Å². The highest BCUT2D eigenvalue weighted by molar-refractivity contribution is 9.10. The molecule has 0 bridgehead atoms. The van der Waals surface area contributed by atoms with E-state index in [1.165, 1.54) is 0 Å². The maximum absolute atomic E-state index is 12.2. The molecule has 3 N–H and O–H groups in total. The van der Waals surface area contributed by atoms with Gasteiger partial charge in [0.25, 0.3) is 0 Å². The molecular formula is C16H21BrClN5O2. The molecule has 1 aromatic heterocycles. The van der Waals surface area contributed by atoms with Crippen molar-refractivity contribution in [3.8, 4) is 0 Å². The zero-order valence-electron chi connectivity index (χ0n) is 14.2. The number of nitrogens with one attached hydrogen (secondary N) is 3. The van der Waals surface area contributed by atoms with Crippen molar-refractivity contribution in [1.82, 2.24) is 20.4 Å². The summed E-state index contributed by atoms with van der Waals surface area (Å²) in [5.74, 6) is -0.571. The summed E-state index contributed by atoms with van der Waals surface area (Å²) in [5, 5.41) is 12.3. The SMILES string of the molecule is CNC(C(=O)NCC(=O)Nc1ccc(Br)c(C)c1)c1cnn(C)c1.Cl. The summed E-state index contributed by atoms with van der Waals surface area (Å²) >= 11 is 3.41. The largest absolute Gasteiger partial charge is 0.345 e. The monoisotopic (exact) mass is 429 g/mol. The second-order valence-corrected chi connectivity index (χ2v) is 6.25. The Bertz CT molecular complexity index is 750. The van der Waals surface area contributed by atoms with Gasteiger partial charge in [-0.05, 0) is 37.7 Å². The number of aryl methyl sites for hydroxylation is 2. The third-order valence-corrected chi connectivity index (χ3v) is 4.36. The molecule has 0 fully saturated rings. The van der Waals surface area contributed by atoms with Crippen molar-refractivity contribution in [3.05, 3.63) is 46.2 Å². The third-order valence-electron chi connectivity index (χ3n) is 3.47. The second-order valence-electron chi connectivity index (χ2n) is 5.40. The van der Waals surface area contributed by atoms with Crippen LogP contribution >= 0.6 is 28.3 Å². The van der Waals surface area contributed by atoms with Gasteiger partial charge < -0.3 is 16.0 Å². The number of aromatic nitrogens is 2. The summed E-state index contributed by atoms with van der Waals surface area (Å²) in [6.07, 6.45) is 3.37. The van der Waals surface area contributed by atoms with Gasteiger partial charge in [0.2, 0.25) is 11.8 Å². The number of carbonyl (C=O) groups excluding carboxylic acids is 2. The Labute approximate surface area is 161 Å². The number of hydrogen-bond donors (Lipinski definition) is 3. The van der Waals surface area contributed by atoms with Crippen LogP contribution in [0.4, 0.5) is 5.69 Å². The molecule has 2 aromatic rings. The molecule has 1 atom stereocenters. The van der Waals surface area contributed by atoms with Crippen LogP contribution in [0.5, 0.6) is 0 Å². The van der Waals surface area contributed by atoms with E-state index in [0.717, 1.165) is 15.6 Å². The molecule has 0 aliphatic rings. The van der Waals surface area contributed by atoms with Crippen molar-refractivity contribution < 1.29 is 9.59 Å². The van der Waals surface area contributed by atoms with E-state index in [1.54, 1.807) is 37.2 Å². The number of likely N-dealkylation sites (N-methyl/N-ethyl adjacent to an activating group) is 1. The minimum atomic E-state index is -0.554. The number of hydrogen-bond acceptors (Lipinski definition) is 4. The number of amides is 2. The summed E-state index contributed by atoms with van der Waals surface area (Å²) in [6.45, 7) is 1.83. The smallest absolute Gasteiger partial charge is 0.243 e. The van der Waals surface area contributed by atoms with Gasteiger partial charge in [-0.3, -0.25) is 14.3 Å². The molecule has 0 saturated heterocycles. The number of carbonyl (C=O) groups is 2. The van der Waals surface area contributed by atoms with Gasteiger partial charge in [-0.25, -0.2) is 0 Å². The van der Waals surface area contributed by atoms with Crippen LogP contribution in [0, 0.1) is 6.92 Å². The highest BCUT2D eigenvalue weighted by Gasteiger charge is 2.20. The maximum Gasteiger partial charge on any atom is 0.243 e. The van der Waals surface area contributed by atoms with Crippen LogP contribution in [0.2, 0.25) is 0 Å². The Morgan fingerprint density at radius 2 is 2.08 bits per heavy atom. The summed E-state index contributed by atoms with van der Waals surface area (Å²) in [6, 6.07) is 4.96. The molecule has 0 saturated carbocycles. The summed E-state index contributed by atoms with van der Waals surface area (Å²) in [4.78, 5) is 24.2. The van der Waals surface area contributed by atoms with E-state index in [-0.39, 0.29) is 30.8 Å². The maximum atomic E-state index is 12.2. The van der Waals surface area contributed by atoms with Gasteiger partial charge in [-0.2, -0.15) is 5.10 Å². The molecule has 1 aromatic carbocycles. The van der Waals surface area contributed by atoms with E-state index in [2.05, 4.69) is 37.0 Å². The summed E-state index contributed by atoms with van der Waals surface area (Å²) in [5.41, 5.74) is 2.44. The summed E-state index contributed by atoms with van der Waals surface area (Å²) < 4.78 is 2.59. The Kier molecular flexibility index (Phi) is 8.08. The number of nitrogens with zero attached hydrogens (tertiary/aromatic N) is 2. The molecule has 1 heterocycles. The fraction of sp³-hybridized carbons (Fsp3) is 0.312. The zero-order chi connectivity index (χ0) is 17.7. The van der Waals surface area contributed by atoms with E-state index >= 15 is 0 Å². The van der Waals surface area contributed by atoms with Crippen LogP contribution in [0.1, 0.15) is 17.2 Å². The molecule has 0 radical (unpaired) electrons. The average Bonchev–Trinajstić information content (AvgIpc) is 2.96. The second kappa shape index (κ2) is 9.55. The number of benzene rings is 1. The van der Waals surface area contributed by atoms with E-state index < -0.39 is 6.04 Å². The Hall–Kier alpha value is -1.90. The first kappa shape index (κ1) is 21.1. The Balaban J connectivity index is 0.00000312. The Morgan fingerprint density at radius 1 is 1.36 bits per heavy atom. The lowest BCUT2D eigenvalue weighted by atomic mass is 10.1. The topological polar surface area (TPSA) is 88.1 Å². The first-order chi connectivity index (χ1) is 11.4. The van der Waals surface area contributed by atoms with Gasteiger partial charge in [-0.15, -0.1) is 12.4 Å². The van der Waals surface area contributed by atoms with E-state index in [1.807, 2.05) is 19.1 Å². The lowest BCUT2D eigenvalue weighted by Crippen LogP contribution is -2.39. The van der Waals surface area contributed by atoms with Crippen molar-refractivity contribution in [3.63, 3.8) is 0 Å². The van der Waals surface area contributed by atoms with Crippen molar-refractivity contribution >= 4 is 45.8 Å². The number of rotatable bonds is 6. The fourth-order valence-electron chi connectivity index (χ4n) is 2.24. The van der Waals surface area contributed by atoms with Gasteiger partial charge >= 0.3 is 0 Å². The van der Waals surface area contributed by atoms with E-state index in [9.17, 15) is 9.59 Å². The lowest BCUT2D eigenvalue weighted by Gasteiger charge is -2.14. The van der Waals surface area contributed by atoms with Crippen LogP contribution < -0.4 is 16.0 Å². The van der Waals surface area contributed by atoms with Crippen LogP contribution in [-0.2, 0) is 16.6 Å². The minimum Gasteiger partial charge on any atom is -0.345 e. The van der Waals surface area contributed by atoms with Crippen molar-refractivity contribution in [2.45, 2.75) is 13.0 Å². The quantitative estimate of drug-likeness (QED) is 0.653. The number of anilines is 1. The molecule has 136 valence electrons. The molecule has 0 spiro atoms. The highest BCUT2D eigenvalue weighted by atomic mass is 79.9. The lowest BCUT2D eigenvalue weighted by molar-refractivity contribution is -0.125. The standard InChI is InChI=1S/C16H20BrN5O2.ClH/c1-10-6-12(4-5-13(10)17)21-14(23)8-19-16(24)15(18-2)11-7-20-22(3)9-11;/h4-7,9,15,18H,8H2,1-3H3,(H,19,24)(H,21,23);1H. The fourth-order valence-corrected chi connectivity index (χ4v) is 2.48.